The first kappa shape index (κ1) is 18.7. The molecule has 0 fully saturated rings. The van der Waals surface area contributed by atoms with Crippen LogP contribution in [0.25, 0.3) is 0 Å². The maximum Gasteiger partial charge on any atom is 0.191 e. The highest BCUT2D eigenvalue weighted by molar-refractivity contribution is 5.79. The lowest BCUT2D eigenvalue weighted by molar-refractivity contribution is 0.152. The molecule has 0 saturated heterocycles. The summed E-state index contributed by atoms with van der Waals surface area (Å²) < 4.78 is 24.9. The largest absolute Gasteiger partial charge is 0.453 e. The maximum absolute atomic E-state index is 14.2. The van der Waals surface area contributed by atoms with E-state index in [0.717, 1.165) is 5.56 Å². The first-order chi connectivity index (χ1) is 12.2. The number of guanidine groups is 1. The van der Waals surface area contributed by atoms with Crippen molar-refractivity contribution in [3.63, 3.8) is 0 Å². The van der Waals surface area contributed by atoms with Crippen LogP contribution in [0.5, 0.6) is 11.5 Å². The van der Waals surface area contributed by atoms with Crippen LogP contribution < -0.4 is 15.4 Å². The highest BCUT2D eigenvalue weighted by atomic mass is 19.1. The van der Waals surface area contributed by atoms with Crippen LogP contribution in [0.1, 0.15) is 12.5 Å². The molecule has 7 heteroatoms. The molecule has 2 aromatic rings. The van der Waals surface area contributed by atoms with Crippen molar-refractivity contribution >= 4 is 5.96 Å². The molecule has 0 aliphatic heterocycles. The molecule has 0 spiro atoms. The lowest BCUT2D eigenvalue weighted by Crippen LogP contribution is -2.38. The van der Waals surface area contributed by atoms with Crippen molar-refractivity contribution in [2.24, 2.45) is 4.99 Å². The summed E-state index contributed by atoms with van der Waals surface area (Å²) in [5.41, 5.74) is 0.781. The van der Waals surface area contributed by atoms with Crippen molar-refractivity contribution in [2.75, 3.05) is 26.8 Å². The van der Waals surface area contributed by atoms with Crippen molar-refractivity contribution in [3.8, 4) is 11.5 Å². The Hall–Kier alpha value is -2.67. The van der Waals surface area contributed by atoms with Crippen molar-refractivity contribution in [3.05, 3.63) is 54.1 Å². The Morgan fingerprint density at radius 1 is 1.28 bits per heavy atom. The summed E-state index contributed by atoms with van der Waals surface area (Å²) in [7, 11) is 1.68. The van der Waals surface area contributed by atoms with E-state index in [4.69, 9.17) is 9.47 Å². The minimum absolute atomic E-state index is 0.163. The van der Waals surface area contributed by atoms with Gasteiger partial charge in [0, 0.05) is 32.9 Å². The molecule has 0 aliphatic carbocycles. The Bertz CT molecular complexity index is 680. The predicted octanol–water partition coefficient (Wildman–Crippen LogP) is 2.71. The Balaban J connectivity index is 1.87. The van der Waals surface area contributed by atoms with Crippen molar-refractivity contribution < 1.29 is 13.9 Å². The normalized spacial score (nSPS) is 11.2. The van der Waals surface area contributed by atoms with Crippen LogP contribution in [-0.4, -0.2) is 37.7 Å². The van der Waals surface area contributed by atoms with Crippen LogP contribution >= 0.6 is 0 Å². The Labute approximate surface area is 147 Å². The molecule has 2 N–H and O–H groups in total. The summed E-state index contributed by atoms with van der Waals surface area (Å²) in [6.07, 6.45) is 3.17. The lowest BCUT2D eigenvalue weighted by Gasteiger charge is -2.12. The van der Waals surface area contributed by atoms with E-state index in [1.54, 1.807) is 37.5 Å². The van der Waals surface area contributed by atoms with Gasteiger partial charge < -0.3 is 20.1 Å². The SMILES string of the molecule is CCOCCNC(=NC)NCc1ccc(Oc2cccnc2)c(F)c1. The number of aliphatic imine (C=N–C) groups is 1. The number of aromatic nitrogens is 1. The van der Waals surface area contributed by atoms with Crippen LogP contribution in [-0.2, 0) is 11.3 Å². The fourth-order valence-corrected chi connectivity index (χ4v) is 2.06. The molecule has 0 saturated carbocycles. The third-order valence-electron chi connectivity index (χ3n) is 3.29. The number of halogens is 1. The number of hydrogen-bond donors (Lipinski definition) is 2. The van der Waals surface area contributed by atoms with E-state index >= 15 is 0 Å². The molecule has 0 atom stereocenters. The Morgan fingerprint density at radius 2 is 2.16 bits per heavy atom. The quantitative estimate of drug-likeness (QED) is 0.437. The number of hydrogen-bond acceptors (Lipinski definition) is 4. The van der Waals surface area contributed by atoms with Gasteiger partial charge in [0.15, 0.2) is 17.5 Å². The van der Waals surface area contributed by atoms with Gasteiger partial charge in [-0.2, -0.15) is 0 Å². The third-order valence-corrected chi connectivity index (χ3v) is 3.29. The van der Waals surface area contributed by atoms with E-state index in [1.807, 2.05) is 6.92 Å². The predicted molar refractivity (Wildman–Crippen MR) is 95.4 cm³/mol. The Morgan fingerprint density at radius 3 is 2.84 bits per heavy atom. The van der Waals surface area contributed by atoms with Crippen LogP contribution in [0.4, 0.5) is 4.39 Å². The van der Waals surface area contributed by atoms with Crippen LogP contribution in [0.3, 0.4) is 0 Å². The second-order valence-electron chi connectivity index (χ2n) is 5.11. The number of pyridine rings is 1. The molecular formula is C18H23FN4O2. The molecule has 0 unspecified atom stereocenters. The minimum atomic E-state index is -0.428. The van der Waals surface area contributed by atoms with Crippen LogP contribution in [0.15, 0.2) is 47.7 Å². The summed E-state index contributed by atoms with van der Waals surface area (Å²) in [6.45, 7) is 4.33. The number of ether oxygens (including phenoxy) is 2. The molecule has 0 amide bonds. The Kier molecular flexibility index (Phi) is 7.65. The number of nitrogens with zero attached hydrogens (tertiary/aromatic N) is 2. The average molecular weight is 346 g/mol. The molecule has 6 nitrogen and oxygen atoms in total. The van der Waals surface area contributed by atoms with Crippen molar-refractivity contribution in [1.82, 2.24) is 15.6 Å². The lowest BCUT2D eigenvalue weighted by atomic mass is 10.2. The molecule has 1 aromatic carbocycles. The van der Waals surface area contributed by atoms with E-state index in [-0.39, 0.29) is 5.75 Å². The van der Waals surface area contributed by atoms with E-state index in [9.17, 15) is 4.39 Å². The average Bonchev–Trinajstić information content (AvgIpc) is 2.64. The summed E-state index contributed by atoms with van der Waals surface area (Å²) in [4.78, 5) is 8.05. The number of benzene rings is 1. The molecule has 0 radical (unpaired) electrons. The number of rotatable bonds is 8. The van der Waals surface area contributed by atoms with Gasteiger partial charge in [-0.1, -0.05) is 6.07 Å². The second kappa shape index (κ2) is 10.2. The van der Waals surface area contributed by atoms with Gasteiger partial charge in [0.1, 0.15) is 5.75 Å². The summed E-state index contributed by atoms with van der Waals surface area (Å²) >= 11 is 0. The zero-order valence-electron chi connectivity index (χ0n) is 14.5. The first-order valence-electron chi connectivity index (χ1n) is 8.11. The van der Waals surface area contributed by atoms with E-state index in [0.29, 0.717) is 38.0 Å². The fraction of sp³-hybridized carbons (Fsp3) is 0.333. The van der Waals surface area contributed by atoms with E-state index in [2.05, 4.69) is 20.6 Å². The maximum atomic E-state index is 14.2. The monoisotopic (exact) mass is 346 g/mol. The topological polar surface area (TPSA) is 67.8 Å². The standard InChI is InChI=1S/C18H23FN4O2/c1-3-24-10-9-22-18(20-2)23-12-14-6-7-17(16(19)11-14)25-15-5-4-8-21-13-15/h4-8,11,13H,3,9-10,12H2,1-2H3,(H2,20,22,23). The van der Waals surface area contributed by atoms with Gasteiger partial charge >= 0.3 is 0 Å². The molecule has 0 aliphatic rings. The second-order valence-corrected chi connectivity index (χ2v) is 5.11. The molecular weight excluding hydrogens is 323 g/mol. The van der Waals surface area contributed by atoms with E-state index < -0.39 is 5.82 Å². The van der Waals surface area contributed by atoms with Gasteiger partial charge in [-0.15, -0.1) is 0 Å². The van der Waals surface area contributed by atoms with Gasteiger partial charge in [-0.3, -0.25) is 9.98 Å². The summed E-state index contributed by atoms with van der Waals surface area (Å²) in [5, 5.41) is 6.25. The number of nitrogens with one attached hydrogen (secondary N) is 2. The van der Waals surface area contributed by atoms with Gasteiger partial charge in [0.25, 0.3) is 0 Å². The smallest absolute Gasteiger partial charge is 0.191 e. The summed E-state index contributed by atoms with van der Waals surface area (Å²) in [6, 6.07) is 8.29. The molecule has 25 heavy (non-hydrogen) atoms. The molecule has 1 heterocycles. The summed E-state index contributed by atoms with van der Waals surface area (Å²) in [5.74, 6) is 0.861. The first-order valence-corrected chi connectivity index (χ1v) is 8.11. The zero-order chi connectivity index (χ0) is 17.9. The van der Waals surface area contributed by atoms with Gasteiger partial charge in [-0.05, 0) is 36.8 Å². The molecule has 134 valence electrons. The molecule has 2 rings (SSSR count). The van der Waals surface area contributed by atoms with Crippen molar-refractivity contribution in [2.45, 2.75) is 13.5 Å². The minimum Gasteiger partial charge on any atom is -0.453 e. The highest BCUT2D eigenvalue weighted by Gasteiger charge is 2.07. The third kappa shape index (κ3) is 6.39. The highest BCUT2D eigenvalue weighted by Crippen LogP contribution is 2.24. The van der Waals surface area contributed by atoms with Crippen LogP contribution in [0.2, 0.25) is 0 Å². The van der Waals surface area contributed by atoms with Crippen molar-refractivity contribution in [1.29, 1.82) is 0 Å². The van der Waals surface area contributed by atoms with E-state index in [1.165, 1.54) is 12.3 Å². The van der Waals surface area contributed by atoms with Crippen LogP contribution in [0, 0.1) is 5.82 Å². The molecule has 0 bridgehead atoms. The van der Waals surface area contributed by atoms with Gasteiger partial charge in [0.2, 0.25) is 0 Å². The van der Waals surface area contributed by atoms with Gasteiger partial charge in [0.05, 0.1) is 12.8 Å². The molecule has 1 aromatic heterocycles. The van der Waals surface area contributed by atoms with Gasteiger partial charge in [-0.25, -0.2) is 4.39 Å². The fourth-order valence-electron chi connectivity index (χ4n) is 2.06. The zero-order valence-corrected chi connectivity index (χ0v) is 14.5.